The van der Waals surface area contributed by atoms with Crippen molar-refractivity contribution in [2.45, 2.75) is 12.3 Å². The summed E-state index contributed by atoms with van der Waals surface area (Å²) in [6.45, 7) is 1.96. The van der Waals surface area contributed by atoms with Gasteiger partial charge in [-0.05, 0) is 81.9 Å². The van der Waals surface area contributed by atoms with E-state index >= 15 is 0 Å². The maximum Gasteiger partial charge on any atom is 0.132 e. The molecule has 0 saturated heterocycles. The van der Waals surface area contributed by atoms with Crippen molar-refractivity contribution in [2.75, 3.05) is 0 Å². The number of para-hydroxylation sites is 1. The van der Waals surface area contributed by atoms with Crippen molar-refractivity contribution >= 4 is 22.4 Å². The second-order valence-electron chi connectivity index (χ2n) is 13.1. The van der Waals surface area contributed by atoms with E-state index in [-0.39, 0.29) is 0 Å². The van der Waals surface area contributed by atoms with Crippen molar-refractivity contribution < 1.29 is 4.74 Å². The van der Waals surface area contributed by atoms with E-state index in [1.54, 1.807) is 0 Å². The van der Waals surface area contributed by atoms with E-state index in [1.807, 2.05) is 19.1 Å². The summed E-state index contributed by atoms with van der Waals surface area (Å²) < 4.78 is 6.64. The molecule has 2 aliphatic rings. The Kier molecular flexibility index (Phi) is 6.36. The molecule has 50 heavy (non-hydrogen) atoms. The van der Waals surface area contributed by atoms with Crippen LogP contribution < -0.4 is 4.74 Å². The minimum atomic E-state index is -0.612. The van der Waals surface area contributed by atoms with Crippen molar-refractivity contribution in [1.29, 1.82) is 0 Å². The molecule has 1 aliphatic carbocycles. The highest BCUT2D eigenvalue weighted by atomic mass is 35.5. The molecule has 1 atom stereocenters. The van der Waals surface area contributed by atoms with Gasteiger partial charge in [-0.2, -0.15) is 0 Å². The maximum absolute atomic E-state index is 7.00. The molecule has 0 radical (unpaired) electrons. The summed E-state index contributed by atoms with van der Waals surface area (Å²) in [6, 6.07) is 55.5. The normalized spacial score (nSPS) is 15.2. The molecular weight excluding hydrogens is 632 g/mol. The Balaban J connectivity index is 1.12. The Hall–Kier alpha value is -6.03. The molecule has 0 amide bonds. The van der Waals surface area contributed by atoms with E-state index in [4.69, 9.17) is 26.3 Å². The van der Waals surface area contributed by atoms with Crippen molar-refractivity contribution in [1.82, 2.24) is 9.97 Å². The summed E-state index contributed by atoms with van der Waals surface area (Å²) in [5.41, 5.74) is 12.3. The van der Waals surface area contributed by atoms with E-state index in [9.17, 15) is 0 Å². The smallest absolute Gasteiger partial charge is 0.132 e. The van der Waals surface area contributed by atoms with Crippen LogP contribution in [-0.4, -0.2) is 9.97 Å². The molecule has 1 aromatic heterocycles. The molecule has 4 heteroatoms. The molecule has 0 N–H and O–H groups in total. The summed E-state index contributed by atoms with van der Waals surface area (Å²) in [7, 11) is 0. The minimum absolute atomic E-state index is 0.612. The van der Waals surface area contributed by atoms with Gasteiger partial charge in [0.15, 0.2) is 0 Å². The Labute approximate surface area is 295 Å². The SMILES string of the molecule is Cc1nc(-c2ccc(-c3cccc4ccccc34)cc2)cc(-c2ccc3c(c2)C2(c4ccccc4O3)c3ccccc3-c3c(Cl)cccc32)n1. The molecule has 236 valence electrons. The van der Waals surface area contributed by atoms with Crippen molar-refractivity contribution in [3.63, 3.8) is 0 Å². The third-order valence-corrected chi connectivity index (χ3v) is 10.6. The molecular formula is C46H29ClN2O. The van der Waals surface area contributed by atoms with Crippen LogP contribution in [0.25, 0.3) is 55.5 Å². The van der Waals surface area contributed by atoms with Gasteiger partial charge < -0.3 is 4.74 Å². The van der Waals surface area contributed by atoms with E-state index in [2.05, 4.69) is 146 Å². The predicted octanol–water partition coefficient (Wildman–Crippen LogP) is 12.1. The van der Waals surface area contributed by atoms with Crippen LogP contribution in [-0.2, 0) is 5.41 Å². The lowest BCUT2D eigenvalue weighted by Crippen LogP contribution is -2.32. The van der Waals surface area contributed by atoms with Gasteiger partial charge in [0.1, 0.15) is 17.3 Å². The van der Waals surface area contributed by atoms with Gasteiger partial charge >= 0.3 is 0 Å². The Bertz CT molecular complexity index is 2660. The van der Waals surface area contributed by atoms with Gasteiger partial charge in [-0.1, -0.05) is 133 Å². The molecule has 0 fully saturated rings. The average Bonchev–Trinajstić information content (AvgIpc) is 3.46. The summed E-state index contributed by atoms with van der Waals surface area (Å²) in [4.78, 5) is 9.86. The van der Waals surface area contributed by atoms with E-state index < -0.39 is 5.41 Å². The van der Waals surface area contributed by atoms with Crippen molar-refractivity contribution in [3.05, 3.63) is 191 Å². The Morgan fingerprint density at radius 1 is 0.500 bits per heavy atom. The first kappa shape index (κ1) is 28.9. The van der Waals surface area contributed by atoms with Crippen LogP contribution in [0.5, 0.6) is 11.5 Å². The average molecular weight is 661 g/mol. The van der Waals surface area contributed by atoms with Crippen LogP contribution in [0.15, 0.2) is 158 Å². The molecule has 3 nitrogen and oxygen atoms in total. The van der Waals surface area contributed by atoms with Crippen LogP contribution in [0.2, 0.25) is 5.02 Å². The van der Waals surface area contributed by atoms with Crippen LogP contribution in [0, 0.1) is 6.92 Å². The van der Waals surface area contributed by atoms with Crippen molar-refractivity contribution in [3.8, 4) is 56.3 Å². The number of rotatable bonds is 3. The molecule has 0 bridgehead atoms. The number of aryl methyl sites for hydroxylation is 1. The quantitative estimate of drug-likeness (QED) is 0.189. The summed E-state index contributed by atoms with van der Waals surface area (Å²) in [5, 5.41) is 3.23. The van der Waals surface area contributed by atoms with Crippen LogP contribution >= 0.6 is 11.6 Å². The Morgan fingerprint density at radius 2 is 1.12 bits per heavy atom. The van der Waals surface area contributed by atoms with Gasteiger partial charge in [-0.25, -0.2) is 9.97 Å². The largest absolute Gasteiger partial charge is 0.457 e. The van der Waals surface area contributed by atoms with Gasteiger partial charge in [-0.15, -0.1) is 0 Å². The lowest BCUT2D eigenvalue weighted by molar-refractivity contribution is 0.436. The number of hydrogen-bond acceptors (Lipinski definition) is 3. The minimum Gasteiger partial charge on any atom is -0.457 e. The highest BCUT2D eigenvalue weighted by molar-refractivity contribution is 6.34. The number of nitrogens with zero attached hydrogens (tertiary/aromatic N) is 2. The Morgan fingerprint density at radius 3 is 2.00 bits per heavy atom. The van der Waals surface area contributed by atoms with E-state index in [0.717, 1.165) is 66.9 Å². The van der Waals surface area contributed by atoms with Crippen LogP contribution in [0.4, 0.5) is 0 Å². The van der Waals surface area contributed by atoms with Crippen molar-refractivity contribution in [2.24, 2.45) is 0 Å². The first-order valence-corrected chi connectivity index (χ1v) is 17.2. The lowest BCUT2D eigenvalue weighted by Gasteiger charge is -2.39. The number of hydrogen-bond donors (Lipinski definition) is 0. The molecule has 8 aromatic rings. The van der Waals surface area contributed by atoms with E-state index in [0.29, 0.717) is 5.82 Å². The van der Waals surface area contributed by atoms with Gasteiger partial charge in [0.05, 0.1) is 16.8 Å². The fraction of sp³-hybridized carbons (Fsp3) is 0.0435. The number of fused-ring (bicyclic) bond motifs is 10. The van der Waals surface area contributed by atoms with Crippen LogP contribution in [0.3, 0.4) is 0 Å². The number of benzene rings is 7. The molecule has 1 unspecified atom stereocenters. The zero-order valence-corrected chi connectivity index (χ0v) is 27.9. The maximum atomic E-state index is 7.00. The predicted molar refractivity (Wildman–Crippen MR) is 203 cm³/mol. The fourth-order valence-corrected chi connectivity index (χ4v) is 8.50. The highest BCUT2D eigenvalue weighted by Gasteiger charge is 2.51. The molecule has 7 aromatic carbocycles. The monoisotopic (exact) mass is 660 g/mol. The van der Waals surface area contributed by atoms with Gasteiger partial charge in [-0.3, -0.25) is 0 Å². The number of aromatic nitrogens is 2. The highest BCUT2D eigenvalue weighted by Crippen LogP contribution is 2.63. The first-order chi connectivity index (χ1) is 24.6. The topological polar surface area (TPSA) is 35.0 Å². The fourth-order valence-electron chi connectivity index (χ4n) is 8.23. The zero-order chi connectivity index (χ0) is 33.4. The lowest BCUT2D eigenvalue weighted by atomic mass is 9.66. The molecule has 2 heterocycles. The summed E-state index contributed by atoms with van der Waals surface area (Å²) in [5.74, 6) is 2.39. The van der Waals surface area contributed by atoms with Gasteiger partial charge in [0, 0.05) is 32.8 Å². The van der Waals surface area contributed by atoms with Gasteiger partial charge in [0.2, 0.25) is 0 Å². The van der Waals surface area contributed by atoms with Gasteiger partial charge in [0.25, 0.3) is 0 Å². The summed E-state index contributed by atoms with van der Waals surface area (Å²) in [6.07, 6.45) is 0. The van der Waals surface area contributed by atoms with E-state index in [1.165, 1.54) is 27.5 Å². The molecule has 0 saturated carbocycles. The third-order valence-electron chi connectivity index (χ3n) is 10.3. The number of ether oxygens (including phenoxy) is 1. The second kappa shape index (κ2) is 11.0. The first-order valence-electron chi connectivity index (χ1n) is 16.8. The standard InChI is InChI=1S/C46H29ClN2O/c1-28-48-41(31-22-20-30(21-23-31)34-14-8-11-29-10-2-3-12-33(29)34)27-42(49-28)32-24-25-44-39(26-32)46(37-16-6-7-19-43(37)50-44)36-15-5-4-13-35(36)45-38(46)17-9-18-40(45)47/h2-27H,1H3. The van der Waals surface area contributed by atoms with Crippen LogP contribution in [0.1, 0.15) is 28.1 Å². The molecule has 1 aliphatic heterocycles. The third kappa shape index (κ3) is 4.17. The molecule has 1 spiro atoms. The number of halogens is 1. The molecule has 10 rings (SSSR count). The summed E-state index contributed by atoms with van der Waals surface area (Å²) >= 11 is 7.00. The second-order valence-corrected chi connectivity index (χ2v) is 13.5. The zero-order valence-electron chi connectivity index (χ0n) is 27.2.